The molecule has 18 heavy (non-hydrogen) atoms. The third-order valence-corrected chi connectivity index (χ3v) is 2.37. The number of rotatable bonds is 8. The molecule has 100 valence electrons. The molecule has 0 spiro atoms. The van der Waals surface area contributed by atoms with Crippen molar-refractivity contribution in [3.63, 3.8) is 0 Å². The summed E-state index contributed by atoms with van der Waals surface area (Å²) in [5, 5.41) is 5.71. The fourth-order valence-corrected chi connectivity index (χ4v) is 1.44. The predicted molar refractivity (Wildman–Crippen MR) is 69.0 cm³/mol. The SMILES string of the molecule is COCCCCNCC(=O)Nc1ccc(F)cc1. The number of halogens is 1. The zero-order chi connectivity index (χ0) is 13.2. The number of nitrogens with one attached hydrogen (secondary N) is 2. The molecule has 0 saturated carbocycles. The van der Waals surface area contributed by atoms with Crippen molar-refractivity contribution in [3.8, 4) is 0 Å². The number of methoxy groups -OCH3 is 1. The van der Waals surface area contributed by atoms with Crippen LogP contribution in [0.25, 0.3) is 0 Å². The van der Waals surface area contributed by atoms with Crippen molar-refractivity contribution in [1.82, 2.24) is 5.32 Å². The highest BCUT2D eigenvalue weighted by atomic mass is 19.1. The number of hydrogen-bond donors (Lipinski definition) is 2. The number of hydrogen-bond acceptors (Lipinski definition) is 3. The smallest absolute Gasteiger partial charge is 0.238 e. The Kier molecular flexibility index (Phi) is 6.98. The molecule has 0 saturated heterocycles. The third-order valence-electron chi connectivity index (χ3n) is 2.37. The molecule has 0 atom stereocenters. The maximum absolute atomic E-state index is 12.6. The van der Waals surface area contributed by atoms with Gasteiger partial charge < -0.3 is 15.4 Å². The molecule has 1 aromatic rings. The Labute approximate surface area is 107 Å². The van der Waals surface area contributed by atoms with E-state index in [-0.39, 0.29) is 18.3 Å². The molecule has 0 aromatic heterocycles. The van der Waals surface area contributed by atoms with Crippen LogP contribution in [0.2, 0.25) is 0 Å². The number of carbonyl (C=O) groups is 1. The summed E-state index contributed by atoms with van der Waals surface area (Å²) in [6.07, 6.45) is 1.95. The van der Waals surface area contributed by atoms with Gasteiger partial charge >= 0.3 is 0 Å². The van der Waals surface area contributed by atoms with Crippen molar-refractivity contribution in [3.05, 3.63) is 30.1 Å². The minimum Gasteiger partial charge on any atom is -0.385 e. The number of amides is 1. The fraction of sp³-hybridized carbons (Fsp3) is 0.462. The van der Waals surface area contributed by atoms with Crippen LogP contribution in [0.5, 0.6) is 0 Å². The van der Waals surface area contributed by atoms with Gasteiger partial charge in [0.05, 0.1) is 6.54 Å². The summed E-state index contributed by atoms with van der Waals surface area (Å²) in [6.45, 7) is 1.77. The van der Waals surface area contributed by atoms with Crippen LogP contribution in [-0.2, 0) is 9.53 Å². The Morgan fingerprint density at radius 1 is 1.28 bits per heavy atom. The lowest BCUT2D eigenvalue weighted by atomic mass is 10.3. The monoisotopic (exact) mass is 254 g/mol. The molecule has 1 rings (SSSR count). The first-order valence-electron chi connectivity index (χ1n) is 5.97. The zero-order valence-corrected chi connectivity index (χ0v) is 10.5. The normalized spacial score (nSPS) is 10.3. The molecular formula is C13H19FN2O2. The van der Waals surface area contributed by atoms with Crippen molar-refractivity contribution in [2.75, 3.05) is 32.1 Å². The molecule has 1 amide bonds. The second kappa shape index (κ2) is 8.60. The summed E-state index contributed by atoms with van der Waals surface area (Å²) in [4.78, 5) is 11.5. The van der Waals surface area contributed by atoms with Crippen molar-refractivity contribution < 1.29 is 13.9 Å². The van der Waals surface area contributed by atoms with E-state index in [9.17, 15) is 9.18 Å². The molecule has 0 aliphatic heterocycles. The summed E-state index contributed by atoms with van der Waals surface area (Å²) in [5.74, 6) is -0.447. The summed E-state index contributed by atoms with van der Waals surface area (Å²) in [5.41, 5.74) is 0.600. The van der Waals surface area contributed by atoms with Gasteiger partial charge in [-0.2, -0.15) is 0 Å². The molecule has 4 nitrogen and oxygen atoms in total. The van der Waals surface area contributed by atoms with Crippen LogP contribution in [0.4, 0.5) is 10.1 Å². The third kappa shape index (κ3) is 6.32. The Morgan fingerprint density at radius 2 is 2.00 bits per heavy atom. The van der Waals surface area contributed by atoms with Crippen LogP contribution >= 0.6 is 0 Å². The molecule has 1 aromatic carbocycles. The highest BCUT2D eigenvalue weighted by Crippen LogP contribution is 2.07. The molecule has 0 aliphatic rings. The lowest BCUT2D eigenvalue weighted by Gasteiger charge is -2.06. The van der Waals surface area contributed by atoms with Gasteiger partial charge in [0.2, 0.25) is 5.91 Å². The quantitative estimate of drug-likeness (QED) is 0.695. The molecule has 0 aliphatic carbocycles. The van der Waals surface area contributed by atoms with Crippen LogP contribution in [0, 0.1) is 5.82 Å². The van der Waals surface area contributed by atoms with Gasteiger partial charge in [-0.3, -0.25) is 4.79 Å². The van der Waals surface area contributed by atoms with E-state index in [0.29, 0.717) is 5.69 Å². The van der Waals surface area contributed by atoms with E-state index >= 15 is 0 Å². The van der Waals surface area contributed by atoms with Gasteiger partial charge in [0.1, 0.15) is 5.82 Å². The van der Waals surface area contributed by atoms with Gasteiger partial charge in [-0.25, -0.2) is 4.39 Å². The van der Waals surface area contributed by atoms with Gasteiger partial charge in [-0.15, -0.1) is 0 Å². The Morgan fingerprint density at radius 3 is 2.67 bits per heavy atom. The minimum atomic E-state index is -0.315. The Bertz CT molecular complexity index is 355. The first-order chi connectivity index (χ1) is 8.72. The van der Waals surface area contributed by atoms with Crippen LogP contribution in [0.3, 0.4) is 0 Å². The van der Waals surface area contributed by atoms with E-state index in [1.807, 2.05) is 0 Å². The number of benzene rings is 1. The second-order valence-corrected chi connectivity index (χ2v) is 3.93. The van der Waals surface area contributed by atoms with Crippen LogP contribution in [-0.4, -0.2) is 32.7 Å². The number of unbranched alkanes of at least 4 members (excludes halogenated alkanes) is 1. The van der Waals surface area contributed by atoms with Crippen molar-refractivity contribution in [1.29, 1.82) is 0 Å². The number of carbonyl (C=O) groups excluding carboxylic acids is 1. The topological polar surface area (TPSA) is 50.4 Å². The van der Waals surface area contributed by atoms with E-state index in [1.54, 1.807) is 7.11 Å². The fourth-order valence-electron chi connectivity index (χ4n) is 1.44. The van der Waals surface area contributed by atoms with Gasteiger partial charge in [-0.1, -0.05) is 0 Å². The van der Waals surface area contributed by atoms with Crippen molar-refractivity contribution in [2.45, 2.75) is 12.8 Å². The number of anilines is 1. The Balaban J connectivity index is 2.12. The first kappa shape index (κ1) is 14.6. The molecule has 0 heterocycles. The summed E-state index contributed by atoms with van der Waals surface area (Å²) in [6, 6.07) is 5.69. The average molecular weight is 254 g/mol. The maximum atomic E-state index is 12.6. The molecule has 0 unspecified atom stereocenters. The second-order valence-electron chi connectivity index (χ2n) is 3.93. The molecule has 0 fully saturated rings. The molecule has 2 N–H and O–H groups in total. The predicted octanol–water partition coefficient (Wildman–Crippen LogP) is 1.78. The number of ether oxygens (including phenoxy) is 1. The van der Waals surface area contributed by atoms with Gasteiger partial charge in [-0.05, 0) is 43.7 Å². The average Bonchev–Trinajstić information content (AvgIpc) is 2.36. The van der Waals surface area contributed by atoms with E-state index in [2.05, 4.69) is 10.6 Å². The van der Waals surface area contributed by atoms with Crippen LogP contribution < -0.4 is 10.6 Å². The summed E-state index contributed by atoms with van der Waals surface area (Å²) < 4.78 is 17.6. The van der Waals surface area contributed by atoms with Gasteiger partial charge in [0.15, 0.2) is 0 Å². The van der Waals surface area contributed by atoms with E-state index in [4.69, 9.17) is 4.74 Å². The van der Waals surface area contributed by atoms with E-state index in [0.717, 1.165) is 26.0 Å². The van der Waals surface area contributed by atoms with Crippen molar-refractivity contribution in [2.24, 2.45) is 0 Å². The van der Waals surface area contributed by atoms with E-state index in [1.165, 1.54) is 24.3 Å². The van der Waals surface area contributed by atoms with Gasteiger partial charge in [0.25, 0.3) is 0 Å². The largest absolute Gasteiger partial charge is 0.385 e. The van der Waals surface area contributed by atoms with Gasteiger partial charge in [0, 0.05) is 19.4 Å². The highest BCUT2D eigenvalue weighted by molar-refractivity contribution is 5.92. The van der Waals surface area contributed by atoms with Crippen LogP contribution in [0.15, 0.2) is 24.3 Å². The molecule has 0 bridgehead atoms. The minimum absolute atomic E-state index is 0.131. The molecule has 0 radical (unpaired) electrons. The molecule has 5 heteroatoms. The maximum Gasteiger partial charge on any atom is 0.238 e. The lowest BCUT2D eigenvalue weighted by Crippen LogP contribution is -2.28. The van der Waals surface area contributed by atoms with Crippen molar-refractivity contribution >= 4 is 11.6 Å². The molecular weight excluding hydrogens is 235 g/mol. The summed E-state index contributed by atoms with van der Waals surface area (Å²) >= 11 is 0. The Hall–Kier alpha value is -1.46. The lowest BCUT2D eigenvalue weighted by molar-refractivity contribution is -0.115. The summed E-state index contributed by atoms with van der Waals surface area (Å²) in [7, 11) is 1.67. The first-order valence-corrected chi connectivity index (χ1v) is 5.97. The zero-order valence-electron chi connectivity index (χ0n) is 10.5. The van der Waals surface area contributed by atoms with Crippen LogP contribution in [0.1, 0.15) is 12.8 Å². The van der Waals surface area contributed by atoms with E-state index < -0.39 is 0 Å². The standard InChI is InChI=1S/C13H19FN2O2/c1-18-9-3-2-8-15-10-13(17)16-12-6-4-11(14)5-7-12/h4-7,15H,2-3,8-10H2,1H3,(H,16,17). The highest BCUT2D eigenvalue weighted by Gasteiger charge is 2.01.